The fourth-order valence-electron chi connectivity index (χ4n) is 2.88. The van der Waals surface area contributed by atoms with Gasteiger partial charge in [-0.2, -0.15) is 0 Å². The molecular formula is C17H18N4O2. The first-order valence-corrected chi connectivity index (χ1v) is 7.50. The maximum Gasteiger partial charge on any atom is 0.267 e. The van der Waals surface area contributed by atoms with Crippen LogP contribution in [0.3, 0.4) is 0 Å². The molecule has 2 amide bonds. The van der Waals surface area contributed by atoms with E-state index in [4.69, 9.17) is 11.5 Å². The van der Waals surface area contributed by atoms with E-state index >= 15 is 0 Å². The number of nitrogens with zero attached hydrogens (tertiary/aromatic N) is 2. The highest BCUT2D eigenvalue weighted by Crippen LogP contribution is 2.49. The summed E-state index contributed by atoms with van der Waals surface area (Å²) in [7, 11) is 0. The van der Waals surface area contributed by atoms with Crippen LogP contribution in [0.1, 0.15) is 57.1 Å². The van der Waals surface area contributed by atoms with Gasteiger partial charge in [0.15, 0.2) is 0 Å². The van der Waals surface area contributed by atoms with Gasteiger partial charge in [0.25, 0.3) is 5.91 Å². The zero-order chi connectivity index (χ0) is 16.6. The van der Waals surface area contributed by atoms with Crippen LogP contribution in [0, 0.1) is 5.92 Å². The van der Waals surface area contributed by atoms with Crippen molar-refractivity contribution < 1.29 is 9.59 Å². The second-order valence-electron chi connectivity index (χ2n) is 5.97. The normalized spacial score (nSPS) is 19.3. The first-order valence-electron chi connectivity index (χ1n) is 7.50. The molecule has 1 fully saturated rings. The number of aromatic nitrogens is 2. The summed E-state index contributed by atoms with van der Waals surface area (Å²) in [4.78, 5) is 32.3. The average molecular weight is 310 g/mol. The molecule has 0 spiro atoms. The van der Waals surface area contributed by atoms with E-state index in [1.54, 1.807) is 12.3 Å². The van der Waals surface area contributed by atoms with E-state index in [0.29, 0.717) is 29.2 Å². The summed E-state index contributed by atoms with van der Waals surface area (Å²) in [6.45, 7) is 2.06. The first kappa shape index (κ1) is 15.1. The Bertz CT molecular complexity index is 738. The van der Waals surface area contributed by atoms with Crippen LogP contribution in [0.15, 0.2) is 30.5 Å². The number of carbonyl (C=O) groups excluding carboxylic acids is 2. The van der Waals surface area contributed by atoms with Gasteiger partial charge in [-0.1, -0.05) is 13.0 Å². The topological polar surface area (TPSA) is 112 Å². The number of nitrogens with two attached hydrogens (primary N) is 2. The van der Waals surface area contributed by atoms with Crippen LogP contribution in [0.25, 0.3) is 0 Å². The Morgan fingerprint density at radius 2 is 1.96 bits per heavy atom. The van der Waals surface area contributed by atoms with Crippen molar-refractivity contribution in [3.8, 4) is 0 Å². The molecule has 1 saturated carbocycles. The van der Waals surface area contributed by atoms with Gasteiger partial charge in [0.05, 0.1) is 0 Å². The Kier molecular flexibility index (Phi) is 3.82. The molecule has 1 aliphatic rings. The number of primary amides is 2. The van der Waals surface area contributed by atoms with Crippen molar-refractivity contribution in [2.75, 3.05) is 0 Å². The van der Waals surface area contributed by atoms with Gasteiger partial charge in [-0.05, 0) is 42.0 Å². The standard InChI is InChI=1S/C17H18N4O2/c1-9-6-12(9)14-13(16(18)22)8-11(21-15(14)17(19)23)7-10-4-2-3-5-20-10/h2-5,8-9,12H,6-7H2,1H3,(H2,18,22)(H2,19,23)/t9-,12-/m0/s1. The van der Waals surface area contributed by atoms with E-state index in [0.717, 1.165) is 12.1 Å². The molecule has 0 unspecified atom stereocenters. The third-order valence-electron chi connectivity index (χ3n) is 4.18. The van der Waals surface area contributed by atoms with Gasteiger partial charge >= 0.3 is 0 Å². The molecular weight excluding hydrogens is 292 g/mol. The molecule has 23 heavy (non-hydrogen) atoms. The smallest absolute Gasteiger partial charge is 0.267 e. The maximum atomic E-state index is 11.9. The highest BCUT2D eigenvalue weighted by Gasteiger charge is 2.39. The lowest BCUT2D eigenvalue weighted by molar-refractivity contribution is 0.0994. The van der Waals surface area contributed by atoms with Crippen LogP contribution in [-0.2, 0) is 6.42 Å². The summed E-state index contributed by atoms with van der Waals surface area (Å²) in [5, 5.41) is 0. The van der Waals surface area contributed by atoms with E-state index in [1.165, 1.54) is 0 Å². The quantitative estimate of drug-likeness (QED) is 0.868. The van der Waals surface area contributed by atoms with Gasteiger partial charge in [-0.3, -0.25) is 14.6 Å². The largest absolute Gasteiger partial charge is 0.366 e. The van der Waals surface area contributed by atoms with Gasteiger partial charge < -0.3 is 11.5 Å². The molecule has 0 bridgehead atoms. The summed E-state index contributed by atoms with van der Waals surface area (Å²) in [6, 6.07) is 7.20. The molecule has 0 aromatic carbocycles. The predicted molar refractivity (Wildman–Crippen MR) is 84.8 cm³/mol. The van der Waals surface area contributed by atoms with E-state index in [9.17, 15) is 9.59 Å². The number of pyridine rings is 2. The van der Waals surface area contributed by atoms with E-state index in [1.807, 2.05) is 18.2 Å². The summed E-state index contributed by atoms with van der Waals surface area (Å²) in [5.74, 6) is -0.679. The van der Waals surface area contributed by atoms with Gasteiger partial charge in [-0.25, -0.2) is 4.98 Å². The third-order valence-corrected chi connectivity index (χ3v) is 4.18. The number of hydrogen-bond donors (Lipinski definition) is 2. The molecule has 2 aromatic rings. The Balaban J connectivity index is 2.08. The number of rotatable bonds is 5. The molecule has 3 rings (SSSR count). The van der Waals surface area contributed by atoms with Crippen LogP contribution >= 0.6 is 0 Å². The van der Waals surface area contributed by atoms with E-state index in [-0.39, 0.29) is 11.6 Å². The molecule has 4 N–H and O–H groups in total. The third kappa shape index (κ3) is 3.06. The number of hydrogen-bond acceptors (Lipinski definition) is 4. The number of carbonyl (C=O) groups is 2. The Morgan fingerprint density at radius 1 is 1.22 bits per heavy atom. The highest BCUT2D eigenvalue weighted by molar-refractivity contribution is 6.00. The molecule has 0 saturated heterocycles. The average Bonchev–Trinajstić information content (AvgIpc) is 3.23. The predicted octanol–water partition coefficient (Wildman–Crippen LogP) is 1.39. The number of amides is 2. The zero-order valence-electron chi connectivity index (χ0n) is 12.8. The van der Waals surface area contributed by atoms with Crippen molar-refractivity contribution in [1.82, 2.24) is 9.97 Å². The van der Waals surface area contributed by atoms with Crippen molar-refractivity contribution in [2.45, 2.75) is 25.7 Å². The van der Waals surface area contributed by atoms with Crippen LogP contribution in [0.4, 0.5) is 0 Å². The second kappa shape index (κ2) is 5.79. The van der Waals surface area contributed by atoms with Gasteiger partial charge in [0.2, 0.25) is 5.91 Å². The van der Waals surface area contributed by atoms with Crippen LogP contribution in [0.2, 0.25) is 0 Å². The van der Waals surface area contributed by atoms with Gasteiger partial charge in [0, 0.05) is 29.6 Å². The Hall–Kier alpha value is -2.76. The minimum absolute atomic E-state index is 0.122. The molecule has 0 radical (unpaired) electrons. The van der Waals surface area contributed by atoms with E-state index in [2.05, 4.69) is 16.9 Å². The second-order valence-corrected chi connectivity index (χ2v) is 5.97. The maximum absolute atomic E-state index is 11.9. The fourth-order valence-corrected chi connectivity index (χ4v) is 2.88. The molecule has 6 heteroatoms. The lowest BCUT2D eigenvalue weighted by Crippen LogP contribution is -2.22. The molecule has 2 atom stereocenters. The highest BCUT2D eigenvalue weighted by atomic mass is 16.1. The van der Waals surface area contributed by atoms with Crippen LogP contribution in [-0.4, -0.2) is 21.8 Å². The Morgan fingerprint density at radius 3 is 2.48 bits per heavy atom. The molecule has 1 aliphatic carbocycles. The minimum Gasteiger partial charge on any atom is -0.366 e. The SMILES string of the molecule is C[C@H]1C[C@@H]1c1c(C(N)=O)cc(Cc2ccccn2)nc1C(N)=O. The van der Waals surface area contributed by atoms with Crippen LogP contribution < -0.4 is 11.5 Å². The van der Waals surface area contributed by atoms with Crippen molar-refractivity contribution in [2.24, 2.45) is 17.4 Å². The first-order chi connectivity index (χ1) is 11.0. The summed E-state index contributed by atoms with van der Waals surface area (Å²) in [6.07, 6.45) is 2.99. The molecule has 0 aliphatic heterocycles. The van der Waals surface area contributed by atoms with Gasteiger partial charge in [-0.15, -0.1) is 0 Å². The van der Waals surface area contributed by atoms with Crippen molar-refractivity contribution in [3.63, 3.8) is 0 Å². The van der Waals surface area contributed by atoms with Crippen molar-refractivity contribution in [3.05, 3.63) is 58.7 Å². The summed E-state index contributed by atoms with van der Waals surface area (Å²) in [5.41, 5.74) is 13.5. The van der Waals surface area contributed by atoms with E-state index < -0.39 is 11.8 Å². The molecule has 6 nitrogen and oxygen atoms in total. The summed E-state index contributed by atoms with van der Waals surface area (Å²) < 4.78 is 0. The summed E-state index contributed by atoms with van der Waals surface area (Å²) >= 11 is 0. The fraction of sp³-hybridized carbons (Fsp3) is 0.294. The van der Waals surface area contributed by atoms with Gasteiger partial charge in [0.1, 0.15) is 5.69 Å². The Labute approximate surface area is 133 Å². The molecule has 2 aromatic heterocycles. The monoisotopic (exact) mass is 310 g/mol. The molecule has 118 valence electrons. The molecule has 2 heterocycles. The minimum atomic E-state index is -0.635. The zero-order valence-corrected chi connectivity index (χ0v) is 12.8. The van der Waals surface area contributed by atoms with Crippen molar-refractivity contribution >= 4 is 11.8 Å². The van der Waals surface area contributed by atoms with Crippen molar-refractivity contribution in [1.29, 1.82) is 0 Å². The van der Waals surface area contributed by atoms with Crippen LogP contribution in [0.5, 0.6) is 0 Å². The lowest BCUT2D eigenvalue weighted by atomic mass is 9.97. The lowest BCUT2D eigenvalue weighted by Gasteiger charge is -2.13.